The van der Waals surface area contributed by atoms with Crippen molar-refractivity contribution < 1.29 is 14.3 Å². The number of rotatable bonds is 3. The Morgan fingerprint density at radius 1 is 1.21 bits per heavy atom. The first-order valence-electron chi connectivity index (χ1n) is 7.82. The van der Waals surface area contributed by atoms with Gasteiger partial charge in [0.1, 0.15) is 5.82 Å². The molecule has 1 N–H and O–H groups in total. The number of fused-ring (bicyclic) bond motifs is 1. The van der Waals surface area contributed by atoms with Gasteiger partial charge in [-0.1, -0.05) is 11.6 Å². The number of benzene rings is 1. The van der Waals surface area contributed by atoms with Gasteiger partial charge in [-0.25, -0.2) is 4.98 Å². The van der Waals surface area contributed by atoms with E-state index < -0.39 is 0 Å². The van der Waals surface area contributed by atoms with E-state index in [2.05, 4.69) is 15.2 Å². The summed E-state index contributed by atoms with van der Waals surface area (Å²) in [4.78, 5) is 19.0. The van der Waals surface area contributed by atoms with Crippen molar-refractivity contribution in [1.82, 2.24) is 4.98 Å². The molecule has 6 nitrogen and oxygen atoms in total. The normalized spacial score (nSPS) is 15.6. The Balaban J connectivity index is 1.49. The summed E-state index contributed by atoms with van der Waals surface area (Å²) in [5.41, 5.74) is 1.48. The van der Waals surface area contributed by atoms with E-state index in [-0.39, 0.29) is 12.7 Å². The second-order valence-electron chi connectivity index (χ2n) is 5.74. The van der Waals surface area contributed by atoms with E-state index in [9.17, 15) is 4.79 Å². The molecule has 0 aliphatic carbocycles. The monoisotopic (exact) mass is 345 g/mol. The summed E-state index contributed by atoms with van der Waals surface area (Å²) in [6.07, 6.45) is 4.21. The maximum Gasteiger partial charge on any atom is 0.257 e. The maximum absolute atomic E-state index is 12.4. The third kappa shape index (κ3) is 2.85. The zero-order valence-corrected chi connectivity index (χ0v) is 13.7. The fraction of sp³-hybridized carbons (Fsp3) is 0.294. The van der Waals surface area contributed by atoms with Gasteiger partial charge in [0, 0.05) is 18.7 Å². The SMILES string of the molecule is O=C(Nc1ccc(N2CCCC2)cn1)c1cc(Cl)c2c(c1)OCO2. The first-order chi connectivity index (χ1) is 11.7. The van der Waals surface area contributed by atoms with Crippen molar-refractivity contribution >= 4 is 29.0 Å². The lowest BCUT2D eigenvalue weighted by Crippen LogP contribution is -2.18. The Bertz CT molecular complexity index is 773. The largest absolute Gasteiger partial charge is 0.454 e. The molecule has 0 unspecified atom stereocenters. The van der Waals surface area contributed by atoms with Crippen LogP contribution in [0.1, 0.15) is 23.2 Å². The molecular formula is C17H16ClN3O3. The molecule has 0 saturated carbocycles. The number of carbonyl (C=O) groups is 1. The van der Waals surface area contributed by atoms with Crippen LogP contribution in [0.4, 0.5) is 11.5 Å². The van der Waals surface area contributed by atoms with Crippen LogP contribution in [0.15, 0.2) is 30.5 Å². The third-order valence-corrected chi connectivity index (χ3v) is 4.43. The van der Waals surface area contributed by atoms with Crippen LogP contribution in [-0.2, 0) is 0 Å². The predicted octanol–water partition coefficient (Wildman–Crippen LogP) is 3.32. The number of nitrogens with one attached hydrogen (secondary N) is 1. The van der Waals surface area contributed by atoms with Crippen LogP contribution in [0.2, 0.25) is 5.02 Å². The number of hydrogen-bond donors (Lipinski definition) is 1. The molecule has 0 bridgehead atoms. The molecule has 24 heavy (non-hydrogen) atoms. The molecule has 4 rings (SSSR count). The van der Waals surface area contributed by atoms with Crippen LogP contribution in [0.5, 0.6) is 11.5 Å². The predicted molar refractivity (Wildman–Crippen MR) is 91.2 cm³/mol. The highest BCUT2D eigenvalue weighted by Gasteiger charge is 2.21. The highest BCUT2D eigenvalue weighted by molar-refractivity contribution is 6.32. The molecule has 1 aromatic heterocycles. The van der Waals surface area contributed by atoms with E-state index in [0.29, 0.717) is 27.9 Å². The molecule has 1 amide bonds. The molecule has 1 saturated heterocycles. The number of nitrogens with zero attached hydrogens (tertiary/aromatic N) is 2. The first-order valence-corrected chi connectivity index (χ1v) is 8.20. The van der Waals surface area contributed by atoms with Crippen molar-refractivity contribution in [2.75, 3.05) is 30.1 Å². The van der Waals surface area contributed by atoms with Crippen LogP contribution in [-0.4, -0.2) is 30.8 Å². The topological polar surface area (TPSA) is 63.7 Å². The van der Waals surface area contributed by atoms with Gasteiger partial charge in [-0.3, -0.25) is 4.79 Å². The van der Waals surface area contributed by atoms with Gasteiger partial charge in [0.2, 0.25) is 6.79 Å². The molecule has 2 aliphatic rings. The van der Waals surface area contributed by atoms with Crippen molar-refractivity contribution in [2.24, 2.45) is 0 Å². The Hall–Kier alpha value is -2.47. The molecular weight excluding hydrogens is 330 g/mol. The lowest BCUT2D eigenvalue weighted by atomic mass is 10.2. The average Bonchev–Trinajstić information content (AvgIpc) is 3.27. The Morgan fingerprint density at radius 2 is 2.04 bits per heavy atom. The van der Waals surface area contributed by atoms with Crippen LogP contribution < -0.4 is 19.7 Å². The van der Waals surface area contributed by atoms with E-state index in [1.54, 1.807) is 24.4 Å². The third-order valence-electron chi connectivity index (χ3n) is 4.15. The maximum atomic E-state index is 12.4. The highest BCUT2D eigenvalue weighted by atomic mass is 35.5. The van der Waals surface area contributed by atoms with Crippen LogP contribution in [0.25, 0.3) is 0 Å². The zero-order valence-electron chi connectivity index (χ0n) is 12.9. The minimum absolute atomic E-state index is 0.111. The molecule has 124 valence electrons. The summed E-state index contributed by atoms with van der Waals surface area (Å²) in [5.74, 6) is 1.15. The van der Waals surface area contributed by atoms with Gasteiger partial charge in [0.25, 0.3) is 5.91 Å². The van der Waals surface area contributed by atoms with Crippen molar-refractivity contribution in [3.63, 3.8) is 0 Å². The van der Waals surface area contributed by atoms with Crippen LogP contribution >= 0.6 is 11.6 Å². The Labute approximate surface area is 144 Å². The number of carbonyl (C=O) groups excluding carboxylic acids is 1. The van der Waals surface area contributed by atoms with Gasteiger partial charge in [0.15, 0.2) is 11.5 Å². The minimum atomic E-state index is -0.295. The molecule has 7 heteroatoms. The number of aromatic nitrogens is 1. The number of halogens is 1. The molecule has 2 aromatic rings. The number of hydrogen-bond acceptors (Lipinski definition) is 5. The zero-order chi connectivity index (χ0) is 16.5. The van der Waals surface area contributed by atoms with Gasteiger partial charge in [-0.15, -0.1) is 0 Å². The Morgan fingerprint density at radius 3 is 2.79 bits per heavy atom. The number of ether oxygens (including phenoxy) is 2. The van der Waals surface area contributed by atoms with E-state index in [1.165, 1.54) is 12.8 Å². The van der Waals surface area contributed by atoms with E-state index >= 15 is 0 Å². The number of amides is 1. The average molecular weight is 346 g/mol. The quantitative estimate of drug-likeness (QED) is 0.924. The van der Waals surface area contributed by atoms with E-state index in [1.807, 2.05) is 6.07 Å². The van der Waals surface area contributed by atoms with Gasteiger partial charge in [-0.2, -0.15) is 0 Å². The fourth-order valence-corrected chi connectivity index (χ4v) is 3.17. The molecule has 3 heterocycles. The van der Waals surface area contributed by atoms with E-state index in [4.69, 9.17) is 21.1 Å². The second kappa shape index (κ2) is 6.20. The minimum Gasteiger partial charge on any atom is -0.454 e. The summed E-state index contributed by atoms with van der Waals surface area (Å²) in [5, 5.41) is 3.12. The molecule has 0 spiro atoms. The highest BCUT2D eigenvalue weighted by Crippen LogP contribution is 2.39. The lowest BCUT2D eigenvalue weighted by molar-refractivity contribution is 0.102. The summed E-state index contributed by atoms with van der Waals surface area (Å²) in [6, 6.07) is 6.95. The number of pyridine rings is 1. The van der Waals surface area contributed by atoms with Crippen molar-refractivity contribution in [1.29, 1.82) is 0 Å². The first kappa shape index (κ1) is 15.1. The summed E-state index contributed by atoms with van der Waals surface area (Å²) >= 11 is 6.11. The smallest absolute Gasteiger partial charge is 0.257 e. The lowest BCUT2D eigenvalue weighted by Gasteiger charge is -2.17. The Kier molecular flexibility index (Phi) is 3.90. The molecule has 1 fully saturated rings. The van der Waals surface area contributed by atoms with Gasteiger partial charge < -0.3 is 19.7 Å². The molecule has 2 aliphatic heterocycles. The standard InChI is InChI=1S/C17H16ClN3O3/c18-13-7-11(8-14-16(13)24-10-23-14)17(22)20-15-4-3-12(9-19-15)21-5-1-2-6-21/h3-4,7-9H,1-2,5-6,10H2,(H,19,20,22). The molecule has 0 radical (unpaired) electrons. The van der Waals surface area contributed by atoms with Crippen molar-refractivity contribution in [3.8, 4) is 11.5 Å². The van der Waals surface area contributed by atoms with Crippen molar-refractivity contribution in [3.05, 3.63) is 41.0 Å². The van der Waals surface area contributed by atoms with Crippen LogP contribution in [0.3, 0.4) is 0 Å². The van der Waals surface area contributed by atoms with Gasteiger partial charge >= 0.3 is 0 Å². The summed E-state index contributed by atoms with van der Waals surface area (Å²) < 4.78 is 10.5. The molecule has 0 atom stereocenters. The fourth-order valence-electron chi connectivity index (χ4n) is 2.91. The van der Waals surface area contributed by atoms with Crippen molar-refractivity contribution in [2.45, 2.75) is 12.8 Å². The summed E-state index contributed by atoms with van der Waals surface area (Å²) in [7, 11) is 0. The number of anilines is 2. The summed E-state index contributed by atoms with van der Waals surface area (Å²) in [6.45, 7) is 2.23. The van der Waals surface area contributed by atoms with Gasteiger partial charge in [0.05, 0.1) is 16.9 Å². The second-order valence-corrected chi connectivity index (χ2v) is 6.15. The van der Waals surface area contributed by atoms with E-state index in [0.717, 1.165) is 18.8 Å². The molecule has 1 aromatic carbocycles. The van der Waals surface area contributed by atoms with Gasteiger partial charge in [-0.05, 0) is 37.1 Å². The van der Waals surface area contributed by atoms with Crippen LogP contribution in [0, 0.1) is 0 Å².